The lowest BCUT2D eigenvalue weighted by Gasteiger charge is -2.12. The number of aromatic nitrogens is 2. The molecule has 0 atom stereocenters. The Kier molecular flexibility index (Phi) is 7.95. The lowest BCUT2D eigenvalue weighted by molar-refractivity contribution is 0.147. The Labute approximate surface area is 122 Å². The second-order valence-electron chi connectivity index (χ2n) is 5.06. The first-order valence-electron chi connectivity index (χ1n) is 7.61. The molecule has 0 aliphatic rings. The highest BCUT2D eigenvalue weighted by Crippen LogP contribution is 2.17. The summed E-state index contributed by atoms with van der Waals surface area (Å²) in [7, 11) is 0. The van der Waals surface area contributed by atoms with Crippen LogP contribution in [0.1, 0.15) is 52.3 Å². The van der Waals surface area contributed by atoms with Crippen LogP contribution < -0.4 is 10.6 Å². The summed E-state index contributed by atoms with van der Waals surface area (Å²) in [5.41, 5.74) is 0. The number of hydrogen-bond donors (Lipinski definition) is 2. The SMILES string of the molecule is CCCNc1cc(NCCCOCC)nc(C(C)C)n1. The number of nitrogens with one attached hydrogen (secondary N) is 2. The molecule has 0 fully saturated rings. The van der Waals surface area contributed by atoms with Gasteiger partial charge in [-0.2, -0.15) is 0 Å². The van der Waals surface area contributed by atoms with E-state index in [2.05, 4.69) is 41.4 Å². The fourth-order valence-electron chi connectivity index (χ4n) is 1.69. The number of nitrogens with zero attached hydrogens (tertiary/aromatic N) is 2. The van der Waals surface area contributed by atoms with Gasteiger partial charge in [0.2, 0.25) is 0 Å². The average Bonchev–Trinajstić information content (AvgIpc) is 2.44. The first-order chi connectivity index (χ1) is 9.67. The molecule has 0 aromatic carbocycles. The first kappa shape index (κ1) is 16.7. The van der Waals surface area contributed by atoms with Gasteiger partial charge in [-0.15, -0.1) is 0 Å². The van der Waals surface area contributed by atoms with Crippen LogP contribution in [0.5, 0.6) is 0 Å². The lowest BCUT2D eigenvalue weighted by atomic mass is 10.2. The summed E-state index contributed by atoms with van der Waals surface area (Å²) in [6.45, 7) is 11.7. The maximum atomic E-state index is 5.33. The van der Waals surface area contributed by atoms with Gasteiger partial charge in [0.1, 0.15) is 17.5 Å². The standard InChI is InChI=1S/C15H28N4O/c1-5-8-16-13-11-14(17-9-7-10-20-6-2)19-15(18-13)12(3)4/h11-12H,5-10H2,1-4H3,(H2,16,17,18,19). The third-order valence-corrected chi connectivity index (χ3v) is 2.79. The molecule has 5 nitrogen and oxygen atoms in total. The van der Waals surface area contributed by atoms with Crippen molar-refractivity contribution < 1.29 is 4.74 Å². The summed E-state index contributed by atoms with van der Waals surface area (Å²) in [6.07, 6.45) is 2.06. The Morgan fingerprint density at radius 3 is 2.30 bits per heavy atom. The fraction of sp³-hybridized carbons (Fsp3) is 0.733. The molecule has 0 bridgehead atoms. The molecule has 1 heterocycles. The molecule has 1 aromatic rings. The summed E-state index contributed by atoms with van der Waals surface area (Å²) in [5.74, 6) is 2.98. The summed E-state index contributed by atoms with van der Waals surface area (Å²) in [5, 5.41) is 6.67. The molecule has 0 saturated carbocycles. The lowest BCUT2D eigenvalue weighted by Crippen LogP contribution is -2.11. The minimum Gasteiger partial charge on any atom is -0.382 e. The van der Waals surface area contributed by atoms with E-state index in [1.807, 2.05) is 13.0 Å². The molecule has 0 aliphatic carbocycles. The minimum atomic E-state index is 0.322. The quantitative estimate of drug-likeness (QED) is 0.644. The van der Waals surface area contributed by atoms with E-state index in [4.69, 9.17) is 4.74 Å². The molecule has 0 spiro atoms. The smallest absolute Gasteiger partial charge is 0.135 e. The van der Waals surface area contributed by atoms with E-state index in [9.17, 15) is 0 Å². The van der Waals surface area contributed by atoms with Crippen LogP contribution in [0.4, 0.5) is 11.6 Å². The highest BCUT2D eigenvalue weighted by Gasteiger charge is 2.07. The van der Waals surface area contributed by atoms with Crippen molar-refractivity contribution >= 4 is 11.6 Å². The second-order valence-corrected chi connectivity index (χ2v) is 5.06. The van der Waals surface area contributed by atoms with Crippen molar-refractivity contribution in [1.29, 1.82) is 0 Å². The van der Waals surface area contributed by atoms with Crippen LogP contribution in [0.25, 0.3) is 0 Å². The van der Waals surface area contributed by atoms with Crippen molar-refractivity contribution in [2.45, 2.75) is 46.5 Å². The topological polar surface area (TPSA) is 59.1 Å². The van der Waals surface area contributed by atoms with Gasteiger partial charge < -0.3 is 15.4 Å². The van der Waals surface area contributed by atoms with Crippen LogP contribution in [0.3, 0.4) is 0 Å². The molecule has 1 rings (SSSR count). The van der Waals surface area contributed by atoms with E-state index >= 15 is 0 Å². The third kappa shape index (κ3) is 6.19. The highest BCUT2D eigenvalue weighted by atomic mass is 16.5. The van der Waals surface area contributed by atoms with Gasteiger partial charge in [0.15, 0.2) is 0 Å². The Bertz CT molecular complexity index is 382. The van der Waals surface area contributed by atoms with Crippen LogP contribution in [0, 0.1) is 0 Å². The minimum absolute atomic E-state index is 0.322. The Hall–Kier alpha value is -1.36. The molecule has 5 heteroatoms. The van der Waals surface area contributed by atoms with Gasteiger partial charge in [-0.05, 0) is 19.8 Å². The average molecular weight is 280 g/mol. The molecule has 0 aliphatic heterocycles. The first-order valence-corrected chi connectivity index (χ1v) is 7.61. The van der Waals surface area contributed by atoms with Crippen molar-refractivity contribution in [3.8, 4) is 0 Å². The van der Waals surface area contributed by atoms with Gasteiger partial charge in [0.25, 0.3) is 0 Å². The van der Waals surface area contributed by atoms with Gasteiger partial charge in [-0.1, -0.05) is 20.8 Å². The zero-order valence-corrected chi connectivity index (χ0v) is 13.2. The summed E-state index contributed by atoms with van der Waals surface area (Å²) < 4.78 is 5.33. The Morgan fingerprint density at radius 1 is 1.10 bits per heavy atom. The molecule has 1 aromatic heterocycles. The highest BCUT2D eigenvalue weighted by molar-refractivity contribution is 5.47. The molecular weight excluding hydrogens is 252 g/mol. The normalized spacial score (nSPS) is 10.8. The maximum Gasteiger partial charge on any atom is 0.135 e. The largest absolute Gasteiger partial charge is 0.382 e. The van der Waals surface area contributed by atoms with E-state index in [1.54, 1.807) is 0 Å². The van der Waals surface area contributed by atoms with E-state index in [1.165, 1.54) is 0 Å². The fourth-order valence-corrected chi connectivity index (χ4v) is 1.69. The zero-order valence-electron chi connectivity index (χ0n) is 13.2. The van der Waals surface area contributed by atoms with Crippen LogP contribution >= 0.6 is 0 Å². The van der Waals surface area contributed by atoms with Crippen molar-refractivity contribution in [3.05, 3.63) is 11.9 Å². The molecular formula is C15H28N4O. The van der Waals surface area contributed by atoms with Gasteiger partial charge in [0.05, 0.1) is 0 Å². The van der Waals surface area contributed by atoms with E-state index < -0.39 is 0 Å². The van der Waals surface area contributed by atoms with Crippen molar-refractivity contribution in [2.24, 2.45) is 0 Å². The molecule has 0 radical (unpaired) electrons. The predicted octanol–water partition coefficient (Wildman–Crippen LogP) is 3.26. The molecule has 0 unspecified atom stereocenters. The van der Waals surface area contributed by atoms with E-state index in [0.717, 1.165) is 56.6 Å². The van der Waals surface area contributed by atoms with E-state index in [-0.39, 0.29) is 0 Å². The second kappa shape index (κ2) is 9.53. The number of hydrogen-bond acceptors (Lipinski definition) is 5. The van der Waals surface area contributed by atoms with Crippen molar-refractivity contribution in [1.82, 2.24) is 9.97 Å². The van der Waals surface area contributed by atoms with Crippen LogP contribution in [0.15, 0.2) is 6.07 Å². The number of ether oxygens (including phenoxy) is 1. The summed E-state index contributed by atoms with van der Waals surface area (Å²) in [6, 6.07) is 1.97. The van der Waals surface area contributed by atoms with Gasteiger partial charge in [-0.25, -0.2) is 9.97 Å². The number of rotatable bonds is 10. The molecule has 20 heavy (non-hydrogen) atoms. The monoisotopic (exact) mass is 280 g/mol. The van der Waals surface area contributed by atoms with Crippen LogP contribution in [-0.2, 0) is 4.74 Å². The Morgan fingerprint density at radius 2 is 1.75 bits per heavy atom. The zero-order chi connectivity index (χ0) is 14.8. The third-order valence-electron chi connectivity index (χ3n) is 2.79. The van der Waals surface area contributed by atoms with E-state index in [0.29, 0.717) is 5.92 Å². The predicted molar refractivity (Wildman–Crippen MR) is 84.5 cm³/mol. The van der Waals surface area contributed by atoms with Crippen LogP contribution in [-0.4, -0.2) is 36.3 Å². The van der Waals surface area contributed by atoms with Gasteiger partial charge >= 0.3 is 0 Å². The van der Waals surface area contributed by atoms with Gasteiger partial charge in [-0.3, -0.25) is 0 Å². The molecule has 0 amide bonds. The summed E-state index contributed by atoms with van der Waals surface area (Å²) >= 11 is 0. The van der Waals surface area contributed by atoms with Crippen LogP contribution in [0.2, 0.25) is 0 Å². The number of anilines is 2. The van der Waals surface area contributed by atoms with Crippen molar-refractivity contribution in [2.75, 3.05) is 36.9 Å². The maximum absolute atomic E-state index is 5.33. The molecule has 114 valence electrons. The Balaban J connectivity index is 2.60. The van der Waals surface area contributed by atoms with Crippen molar-refractivity contribution in [3.63, 3.8) is 0 Å². The summed E-state index contributed by atoms with van der Waals surface area (Å²) in [4.78, 5) is 9.10. The van der Waals surface area contributed by atoms with Gasteiger partial charge in [0, 0.05) is 38.3 Å². The molecule has 2 N–H and O–H groups in total. The molecule has 0 saturated heterocycles.